The Morgan fingerprint density at radius 1 is 1.10 bits per heavy atom. The maximum Gasteiger partial charge on any atom is 0.160 e. The minimum Gasteiger partial charge on any atom is -0.308 e. The molecule has 0 spiro atoms. The van der Waals surface area contributed by atoms with Crippen molar-refractivity contribution in [3.63, 3.8) is 0 Å². The van der Waals surface area contributed by atoms with Crippen LogP contribution >= 0.6 is 15.9 Å². The second kappa shape index (κ2) is 8.59. The van der Waals surface area contributed by atoms with E-state index in [1.54, 1.807) is 0 Å². The van der Waals surface area contributed by atoms with E-state index in [2.05, 4.69) is 62.7 Å². The number of nitriles is 1. The van der Waals surface area contributed by atoms with Crippen LogP contribution in [0.5, 0.6) is 0 Å². The summed E-state index contributed by atoms with van der Waals surface area (Å²) in [6.07, 6.45) is 5.01. The van der Waals surface area contributed by atoms with Crippen LogP contribution in [0.25, 0.3) is 22.3 Å². The average molecular weight is 445 g/mol. The van der Waals surface area contributed by atoms with Crippen molar-refractivity contribution in [2.75, 3.05) is 0 Å². The standard InChI is InChI=1S/C24H21BrN4/c1-2-3-8-23-28-22-13-20(25)15-27-24(22)29(23)16-17-9-11-18(12-10-17)21-7-5-4-6-19(21)14-26/h4-7,9-13,15H,2-3,8,16H2,1H3. The molecule has 0 aliphatic carbocycles. The van der Waals surface area contributed by atoms with Gasteiger partial charge in [-0.2, -0.15) is 5.26 Å². The molecule has 0 saturated heterocycles. The third kappa shape index (κ3) is 4.08. The van der Waals surface area contributed by atoms with Crippen LogP contribution in [0.15, 0.2) is 65.3 Å². The number of imidazole rings is 1. The molecule has 0 bridgehead atoms. The molecule has 4 rings (SSSR count). The van der Waals surface area contributed by atoms with Gasteiger partial charge in [-0.15, -0.1) is 0 Å². The lowest BCUT2D eigenvalue weighted by Crippen LogP contribution is -2.06. The fourth-order valence-electron chi connectivity index (χ4n) is 3.53. The maximum atomic E-state index is 9.36. The summed E-state index contributed by atoms with van der Waals surface area (Å²) in [5, 5.41) is 9.36. The van der Waals surface area contributed by atoms with Crippen LogP contribution in [0.2, 0.25) is 0 Å². The second-order valence-corrected chi connectivity index (χ2v) is 7.98. The van der Waals surface area contributed by atoms with E-state index in [4.69, 9.17) is 4.98 Å². The topological polar surface area (TPSA) is 54.5 Å². The molecule has 4 nitrogen and oxygen atoms in total. The number of pyridine rings is 1. The first kappa shape index (κ1) is 19.4. The first-order chi connectivity index (χ1) is 14.2. The molecule has 0 atom stereocenters. The molecule has 0 aliphatic rings. The van der Waals surface area contributed by atoms with Gasteiger partial charge in [0.05, 0.1) is 18.2 Å². The lowest BCUT2D eigenvalue weighted by molar-refractivity contribution is 0.686. The lowest BCUT2D eigenvalue weighted by Gasteiger charge is -2.10. The molecule has 0 aliphatic heterocycles. The molecule has 0 unspecified atom stereocenters. The summed E-state index contributed by atoms with van der Waals surface area (Å²) in [5.74, 6) is 1.08. The highest BCUT2D eigenvalue weighted by molar-refractivity contribution is 9.10. The zero-order chi connectivity index (χ0) is 20.2. The highest BCUT2D eigenvalue weighted by atomic mass is 79.9. The molecular formula is C24H21BrN4. The Kier molecular flexibility index (Phi) is 5.73. The van der Waals surface area contributed by atoms with Gasteiger partial charge in [0, 0.05) is 17.1 Å². The monoisotopic (exact) mass is 444 g/mol. The summed E-state index contributed by atoms with van der Waals surface area (Å²) in [4.78, 5) is 9.44. The minimum absolute atomic E-state index is 0.692. The number of fused-ring (bicyclic) bond motifs is 1. The Hall–Kier alpha value is -2.97. The third-order valence-corrected chi connectivity index (χ3v) is 5.47. The van der Waals surface area contributed by atoms with E-state index in [0.29, 0.717) is 5.56 Å². The summed E-state index contributed by atoms with van der Waals surface area (Å²) in [7, 11) is 0. The van der Waals surface area contributed by atoms with Crippen LogP contribution in [0.4, 0.5) is 0 Å². The highest BCUT2D eigenvalue weighted by Gasteiger charge is 2.13. The van der Waals surface area contributed by atoms with Gasteiger partial charge in [-0.25, -0.2) is 9.97 Å². The van der Waals surface area contributed by atoms with Crippen LogP contribution in [0.1, 0.15) is 36.7 Å². The van der Waals surface area contributed by atoms with Gasteiger partial charge in [0.25, 0.3) is 0 Å². The number of nitrogens with zero attached hydrogens (tertiary/aromatic N) is 4. The van der Waals surface area contributed by atoms with Crippen molar-refractivity contribution < 1.29 is 0 Å². The van der Waals surface area contributed by atoms with Crippen molar-refractivity contribution in [2.45, 2.75) is 32.7 Å². The Morgan fingerprint density at radius 2 is 1.90 bits per heavy atom. The van der Waals surface area contributed by atoms with Crippen LogP contribution in [0, 0.1) is 11.3 Å². The SMILES string of the molecule is CCCCc1nc2cc(Br)cnc2n1Cc1ccc(-c2ccccc2C#N)cc1. The Labute approximate surface area is 179 Å². The number of rotatable bonds is 6. The Bertz CT molecular complexity index is 1190. The van der Waals surface area contributed by atoms with E-state index in [1.807, 2.05) is 36.5 Å². The van der Waals surface area contributed by atoms with Gasteiger partial charge in [-0.05, 0) is 51.2 Å². The predicted molar refractivity (Wildman–Crippen MR) is 120 cm³/mol. The van der Waals surface area contributed by atoms with Gasteiger partial charge in [-0.1, -0.05) is 55.8 Å². The van der Waals surface area contributed by atoms with Crippen molar-refractivity contribution in [1.82, 2.24) is 14.5 Å². The fraction of sp³-hybridized carbons (Fsp3) is 0.208. The zero-order valence-electron chi connectivity index (χ0n) is 16.3. The predicted octanol–water partition coefficient (Wildman–Crippen LogP) is 6.12. The molecule has 2 heterocycles. The smallest absolute Gasteiger partial charge is 0.160 e. The number of aryl methyl sites for hydroxylation is 1. The molecule has 144 valence electrons. The van der Waals surface area contributed by atoms with Crippen molar-refractivity contribution in [2.24, 2.45) is 0 Å². The van der Waals surface area contributed by atoms with E-state index in [-0.39, 0.29) is 0 Å². The number of hydrogen-bond acceptors (Lipinski definition) is 3. The Morgan fingerprint density at radius 3 is 2.66 bits per heavy atom. The van der Waals surface area contributed by atoms with E-state index in [0.717, 1.165) is 58.4 Å². The van der Waals surface area contributed by atoms with E-state index in [1.165, 1.54) is 5.56 Å². The van der Waals surface area contributed by atoms with Gasteiger partial charge in [0.1, 0.15) is 11.3 Å². The van der Waals surface area contributed by atoms with Gasteiger partial charge in [0.15, 0.2) is 5.65 Å². The molecule has 29 heavy (non-hydrogen) atoms. The van der Waals surface area contributed by atoms with Crippen LogP contribution in [0.3, 0.4) is 0 Å². The molecule has 2 aromatic carbocycles. The molecular weight excluding hydrogens is 424 g/mol. The van der Waals surface area contributed by atoms with Gasteiger partial charge < -0.3 is 4.57 Å². The van der Waals surface area contributed by atoms with Gasteiger partial charge in [0.2, 0.25) is 0 Å². The first-order valence-corrected chi connectivity index (χ1v) is 10.6. The van der Waals surface area contributed by atoms with E-state index >= 15 is 0 Å². The minimum atomic E-state index is 0.692. The zero-order valence-corrected chi connectivity index (χ0v) is 17.9. The van der Waals surface area contributed by atoms with Crippen molar-refractivity contribution >= 4 is 27.1 Å². The quantitative estimate of drug-likeness (QED) is 0.359. The molecule has 5 heteroatoms. The largest absolute Gasteiger partial charge is 0.308 e. The summed E-state index contributed by atoms with van der Waals surface area (Å²) in [5.41, 5.74) is 5.73. The third-order valence-electron chi connectivity index (χ3n) is 5.04. The summed E-state index contributed by atoms with van der Waals surface area (Å²) in [6.45, 7) is 2.92. The molecule has 0 amide bonds. The molecule has 0 radical (unpaired) electrons. The Balaban J connectivity index is 1.67. The number of unbranched alkanes of at least 4 members (excludes halogenated alkanes) is 1. The number of hydrogen-bond donors (Lipinski definition) is 0. The molecule has 0 fully saturated rings. The molecule has 0 saturated carbocycles. The normalized spacial score (nSPS) is 10.9. The van der Waals surface area contributed by atoms with Crippen LogP contribution < -0.4 is 0 Å². The first-order valence-electron chi connectivity index (χ1n) is 9.78. The number of aromatic nitrogens is 3. The molecule has 4 aromatic rings. The average Bonchev–Trinajstić information content (AvgIpc) is 3.09. The lowest BCUT2D eigenvalue weighted by atomic mass is 9.99. The summed E-state index contributed by atoms with van der Waals surface area (Å²) >= 11 is 3.49. The van der Waals surface area contributed by atoms with Crippen molar-refractivity contribution in [3.8, 4) is 17.2 Å². The van der Waals surface area contributed by atoms with Crippen molar-refractivity contribution in [1.29, 1.82) is 5.26 Å². The van der Waals surface area contributed by atoms with E-state index in [9.17, 15) is 5.26 Å². The van der Waals surface area contributed by atoms with Crippen LogP contribution in [-0.2, 0) is 13.0 Å². The summed E-state index contributed by atoms with van der Waals surface area (Å²) < 4.78 is 3.16. The number of benzene rings is 2. The van der Waals surface area contributed by atoms with Gasteiger partial charge in [-0.3, -0.25) is 0 Å². The highest BCUT2D eigenvalue weighted by Crippen LogP contribution is 2.25. The van der Waals surface area contributed by atoms with Gasteiger partial charge >= 0.3 is 0 Å². The second-order valence-electron chi connectivity index (χ2n) is 7.07. The molecule has 0 N–H and O–H groups in total. The summed E-state index contributed by atoms with van der Waals surface area (Å²) in [6, 6.07) is 20.4. The number of halogens is 1. The van der Waals surface area contributed by atoms with E-state index < -0.39 is 0 Å². The molecule has 2 aromatic heterocycles. The van der Waals surface area contributed by atoms with Crippen LogP contribution in [-0.4, -0.2) is 14.5 Å². The maximum absolute atomic E-state index is 9.36. The fourth-order valence-corrected chi connectivity index (χ4v) is 3.85. The van der Waals surface area contributed by atoms with Crippen molar-refractivity contribution in [3.05, 3.63) is 82.2 Å².